The summed E-state index contributed by atoms with van der Waals surface area (Å²) in [5.41, 5.74) is 2.98. The van der Waals surface area contributed by atoms with Crippen molar-refractivity contribution < 1.29 is 14.6 Å². The van der Waals surface area contributed by atoms with E-state index in [1.165, 1.54) is 7.11 Å². The molecule has 0 fully saturated rings. The lowest BCUT2D eigenvalue weighted by Crippen LogP contribution is -2.09. The minimum absolute atomic E-state index is 0.0794. The third-order valence-electron chi connectivity index (χ3n) is 2.99. The Morgan fingerprint density at radius 1 is 1.24 bits per heavy atom. The van der Waals surface area contributed by atoms with Crippen LogP contribution in [0.15, 0.2) is 0 Å². The quantitative estimate of drug-likeness (QED) is 0.843. The van der Waals surface area contributed by atoms with Crippen LogP contribution < -0.4 is 4.74 Å². The van der Waals surface area contributed by atoms with Gasteiger partial charge in [-0.25, -0.2) is 0 Å². The molecule has 0 aromatic heterocycles. The fourth-order valence-electron chi connectivity index (χ4n) is 1.90. The van der Waals surface area contributed by atoms with Gasteiger partial charge in [-0.1, -0.05) is 11.6 Å². The van der Waals surface area contributed by atoms with Crippen molar-refractivity contribution in [3.05, 3.63) is 27.3 Å². The van der Waals surface area contributed by atoms with E-state index in [-0.39, 0.29) is 18.8 Å². The molecule has 0 heterocycles. The molecule has 0 radical (unpaired) electrons. The molecule has 4 heteroatoms. The number of carbonyl (C=O) groups excluding carboxylic acids is 1. The van der Waals surface area contributed by atoms with Crippen molar-refractivity contribution in [1.82, 2.24) is 0 Å². The smallest absolute Gasteiger partial charge is 0.169 e. The number of carbonyl (C=O) groups is 1. The molecule has 3 nitrogen and oxygen atoms in total. The van der Waals surface area contributed by atoms with Crippen LogP contribution in [0, 0.1) is 20.8 Å². The third kappa shape index (κ3) is 2.45. The Hall–Kier alpha value is -1.06. The summed E-state index contributed by atoms with van der Waals surface area (Å²) in [6.45, 7) is 5.39. The average Bonchev–Trinajstić information content (AvgIpc) is 2.31. The van der Waals surface area contributed by atoms with Gasteiger partial charge in [0.2, 0.25) is 0 Å². The summed E-state index contributed by atoms with van der Waals surface area (Å²) in [6, 6.07) is 0. The van der Waals surface area contributed by atoms with Crippen molar-refractivity contribution in [3.8, 4) is 5.75 Å². The molecule has 1 aromatic carbocycles. The summed E-state index contributed by atoms with van der Waals surface area (Å²) in [5, 5.41) is 9.44. The highest BCUT2D eigenvalue weighted by atomic mass is 35.5. The molecule has 0 saturated carbocycles. The van der Waals surface area contributed by atoms with E-state index in [0.717, 1.165) is 11.1 Å². The molecule has 1 aromatic rings. The number of rotatable bonds is 4. The number of hydrogen-bond donors (Lipinski definition) is 1. The van der Waals surface area contributed by atoms with Crippen LogP contribution in [0.25, 0.3) is 0 Å². The van der Waals surface area contributed by atoms with E-state index in [1.54, 1.807) is 6.92 Å². The summed E-state index contributed by atoms with van der Waals surface area (Å²) in [6.07, 6.45) is 0.0794. The van der Waals surface area contributed by atoms with E-state index in [0.29, 0.717) is 21.9 Å². The molecule has 0 atom stereocenters. The van der Waals surface area contributed by atoms with Gasteiger partial charge in [-0.15, -0.1) is 0 Å². The molecule has 0 aliphatic rings. The fourth-order valence-corrected chi connectivity index (χ4v) is 2.14. The lowest BCUT2D eigenvalue weighted by Gasteiger charge is -2.17. The second-order valence-corrected chi connectivity index (χ2v) is 4.37. The number of aliphatic hydroxyl groups excluding tert-OH is 1. The zero-order chi connectivity index (χ0) is 13.2. The van der Waals surface area contributed by atoms with Gasteiger partial charge in [0.25, 0.3) is 0 Å². The first kappa shape index (κ1) is 14.0. The molecular formula is C13H17ClO3. The monoisotopic (exact) mass is 256 g/mol. The lowest BCUT2D eigenvalue weighted by molar-refractivity contribution is 0.0953. The maximum absolute atomic E-state index is 12.0. The van der Waals surface area contributed by atoms with E-state index < -0.39 is 0 Å². The van der Waals surface area contributed by atoms with Crippen molar-refractivity contribution in [2.75, 3.05) is 13.7 Å². The highest BCUT2D eigenvalue weighted by Gasteiger charge is 2.21. The van der Waals surface area contributed by atoms with Gasteiger partial charge in [-0.05, 0) is 37.5 Å². The third-order valence-corrected chi connectivity index (χ3v) is 3.55. The molecule has 0 unspecified atom stereocenters. The van der Waals surface area contributed by atoms with E-state index in [1.807, 2.05) is 13.8 Å². The molecule has 94 valence electrons. The number of aliphatic hydroxyl groups is 1. The Balaban J connectivity index is 3.52. The van der Waals surface area contributed by atoms with Crippen molar-refractivity contribution in [2.45, 2.75) is 27.2 Å². The molecule has 1 N–H and O–H groups in total. The van der Waals surface area contributed by atoms with Crippen LogP contribution >= 0.6 is 11.6 Å². The van der Waals surface area contributed by atoms with Crippen LogP contribution in [0.2, 0.25) is 5.02 Å². The zero-order valence-corrected chi connectivity index (χ0v) is 11.3. The largest absolute Gasteiger partial charge is 0.496 e. The molecule has 0 amide bonds. The van der Waals surface area contributed by atoms with Crippen molar-refractivity contribution in [2.24, 2.45) is 0 Å². The standard InChI is InChI=1S/C13H17ClO3/c1-7-8(2)13(17-4)11(9(3)12(7)14)10(16)5-6-15/h15H,5-6H2,1-4H3. The van der Waals surface area contributed by atoms with Gasteiger partial charge in [0, 0.05) is 11.4 Å². The van der Waals surface area contributed by atoms with E-state index >= 15 is 0 Å². The van der Waals surface area contributed by atoms with Gasteiger partial charge in [0.05, 0.1) is 19.3 Å². The topological polar surface area (TPSA) is 46.5 Å². The lowest BCUT2D eigenvalue weighted by atomic mass is 9.95. The van der Waals surface area contributed by atoms with E-state index in [9.17, 15) is 4.79 Å². The average molecular weight is 257 g/mol. The Kier molecular flexibility index (Phi) is 4.54. The molecule has 0 spiro atoms. The van der Waals surface area contributed by atoms with Crippen LogP contribution in [-0.2, 0) is 0 Å². The number of ketones is 1. The number of Topliss-reactive ketones (excluding diaryl/α,β-unsaturated/α-hetero) is 1. The highest BCUT2D eigenvalue weighted by Crippen LogP contribution is 2.36. The summed E-state index contributed by atoms with van der Waals surface area (Å²) >= 11 is 6.19. The fraction of sp³-hybridized carbons (Fsp3) is 0.462. The molecule has 0 bridgehead atoms. The Bertz CT molecular complexity index is 453. The molecule has 0 aliphatic heterocycles. The minimum atomic E-state index is -0.175. The highest BCUT2D eigenvalue weighted by molar-refractivity contribution is 6.33. The van der Waals surface area contributed by atoms with Crippen molar-refractivity contribution in [3.63, 3.8) is 0 Å². The SMILES string of the molecule is COc1c(C)c(C)c(Cl)c(C)c1C(=O)CCO. The molecule has 0 aliphatic carbocycles. The molecular weight excluding hydrogens is 240 g/mol. The van der Waals surface area contributed by atoms with Crippen LogP contribution in [0.3, 0.4) is 0 Å². The number of halogens is 1. The maximum Gasteiger partial charge on any atom is 0.169 e. The summed E-state index contributed by atoms with van der Waals surface area (Å²) in [5.74, 6) is 0.412. The molecule has 1 rings (SSSR count). The Labute approximate surface area is 106 Å². The van der Waals surface area contributed by atoms with Crippen molar-refractivity contribution in [1.29, 1.82) is 0 Å². The molecule has 0 saturated heterocycles. The van der Waals surface area contributed by atoms with Gasteiger partial charge in [-0.3, -0.25) is 4.79 Å². The van der Waals surface area contributed by atoms with Crippen LogP contribution in [0.5, 0.6) is 5.75 Å². The number of methoxy groups -OCH3 is 1. The Morgan fingerprint density at radius 3 is 2.29 bits per heavy atom. The van der Waals surface area contributed by atoms with Crippen LogP contribution in [0.4, 0.5) is 0 Å². The first-order chi connectivity index (χ1) is 7.95. The van der Waals surface area contributed by atoms with Gasteiger partial charge < -0.3 is 9.84 Å². The second-order valence-electron chi connectivity index (χ2n) is 3.99. The summed E-state index contributed by atoms with van der Waals surface area (Å²) < 4.78 is 5.30. The summed E-state index contributed by atoms with van der Waals surface area (Å²) in [4.78, 5) is 12.0. The first-order valence-corrected chi connectivity index (χ1v) is 5.80. The maximum atomic E-state index is 12.0. The first-order valence-electron chi connectivity index (χ1n) is 5.43. The Morgan fingerprint density at radius 2 is 1.82 bits per heavy atom. The minimum Gasteiger partial charge on any atom is -0.496 e. The second kappa shape index (κ2) is 5.52. The summed E-state index contributed by atoms with van der Waals surface area (Å²) in [7, 11) is 1.53. The number of ether oxygens (including phenoxy) is 1. The van der Waals surface area contributed by atoms with Gasteiger partial charge in [0.15, 0.2) is 5.78 Å². The van der Waals surface area contributed by atoms with Gasteiger partial charge in [0.1, 0.15) is 5.75 Å². The van der Waals surface area contributed by atoms with Crippen LogP contribution in [0.1, 0.15) is 33.5 Å². The predicted molar refractivity (Wildman–Crippen MR) is 68.2 cm³/mol. The van der Waals surface area contributed by atoms with Gasteiger partial charge >= 0.3 is 0 Å². The molecule has 17 heavy (non-hydrogen) atoms. The normalized spacial score (nSPS) is 10.5. The zero-order valence-electron chi connectivity index (χ0n) is 10.6. The van der Waals surface area contributed by atoms with E-state index in [2.05, 4.69) is 0 Å². The number of hydrogen-bond acceptors (Lipinski definition) is 3. The van der Waals surface area contributed by atoms with E-state index in [4.69, 9.17) is 21.4 Å². The number of benzene rings is 1. The van der Waals surface area contributed by atoms with Crippen molar-refractivity contribution >= 4 is 17.4 Å². The predicted octanol–water partition coefficient (Wildman–Crippen LogP) is 2.84. The van der Waals surface area contributed by atoms with Crippen LogP contribution in [-0.4, -0.2) is 24.6 Å². The van der Waals surface area contributed by atoms with Gasteiger partial charge in [-0.2, -0.15) is 0 Å².